The fraction of sp³-hybridized carbons (Fsp3) is 0.217. The van der Waals surface area contributed by atoms with Crippen molar-refractivity contribution in [3.05, 3.63) is 82.4 Å². The number of hydrogen-bond donors (Lipinski definition) is 3. The second-order valence-corrected chi connectivity index (χ2v) is 8.94. The highest BCUT2D eigenvalue weighted by Gasteiger charge is 2.06. The Balaban J connectivity index is 1.52. The van der Waals surface area contributed by atoms with Crippen LogP contribution in [-0.4, -0.2) is 31.5 Å². The normalized spacial score (nSPS) is 11.6. The molecule has 0 amide bonds. The molecule has 0 saturated carbocycles. The Morgan fingerprint density at radius 1 is 0.871 bits per heavy atom. The highest BCUT2D eigenvalue weighted by Crippen LogP contribution is 2.17. The van der Waals surface area contributed by atoms with Gasteiger partial charge in [-0.2, -0.15) is 4.98 Å². The second kappa shape index (κ2) is 10.2. The third-order valence-corrected chi connectivity index (χ3v) is 5.51. The van der Waals surface area contributed by atoms with E-state index in [0.717, 1.165) is 22.5 Å². The summed E-state index contributed by atoms with van der Waals surface area (Å²) in [4.78, 5) is 8.80. The van der Waals surface area contributed by atoms with Gasteiger partial charge in [-0.05, 0) is 44.5 Å². The average Bonchev–Trinajstić information content (AvgIpc) is 2.72. The Hall–Kier alpha value is -3.23. The second-order valence-electron chi connectivity index (χ2n) is 7.29. The maximum atomic E-state index is 12.2. The number of hydrogen-bond acceptors (Lipinski definition) is 6. The zero-order valence-corrected chi connectivity index (χ0v) is 18.7. The van der Waals surface area contributed by atoms with Gasteiger partial charge in [-0.3, -0.25) is 0 Å². The van der Waals surface area contributed by atoms with Crippen molar-refractivity contribution in [2.45, 2.75) is 20.8 Å². The van der Waals surface area contributed by atoms with Crippen molar-refractivity contribution in [1.82, 2.24) is 14.7 Å². The minimum Gasteiger partial charge on any atom is -0.353 e. The predicted octanol–water partition coefficient (Wildman–Crippen LogP) is 4.15. The van der Waals surface area contributed by atoms with E-state index in [9.17, 15) is 8.42 Å². The molecule has 2 aromatic carbocycles. The molecular weight excluding hydrogens is 410 g/mol. The first kappa shape index (κ1) is 22.5. The van der Waals surface area contributed by atoms with Crippen LogP contribution in [0.25, 0.3) is 6.08 Å². The molecule has 0 radical (unpaired) electrons. The minimum atomic E-state index is -3.53. The number of benzene rings is 2. The van der Waals surface area contributed by atoms with E-state index in [2.05, 4.69) is 25.3 Å². The van der Waals surface area contributed by atoms with Gasteiger partial charge in [-0.25, -0.2) is 18.1 Å². The lowest BCUT2D eigenvalue weighted by molar-refractivity contribution is 0.592. The molecule has 162 valence electrons. The van der Waals surface area contributed by atoms with Gasteiger partial charge in [0.05, 0.1) is 0 Å². The number of nitrogens with zero attached hydrogens (tertiary/aromatic N) is 2. The van der Waals surface area contributed by atoms with Crippen molar-refractivity contribution in [3.8, 4) is 0 Å². The molecule has 1 aromatic heterocycles. The number of anilines is 3. The van der Waals surface area contributed by atoms with Crippen LogP contribution in [0.5, 0.6) is 0 Å². The van der Waals surface area contributed by atoms with E-state index in [-0.39, 0.29) is 6.54 Å². The maximum absolute atomic E-state index is 12.2. The molecule has 0 fully saturated rings. The largest absolute Gasteiger partial charge is 0.353 e. The molecule has 8 heteroatoms. The van der Waals surface area contributed by atoms with Gasteiger partial charge in [-0.1, -0.05) is 47.5 Å². The first-order valence-electron chi connectivity index (χ1n) is 9.97. The highest BCUT2D eigenvalue weighted by atomic mass is 32.2. The molecule has 3 rings (SSSR count). The van der Waals surface area contributed by atoms with Gasteiger partial charge < -0.3 is 10.6 Å². The van der Waals surface area contributed by atoms with Crippen LogP contribution in [0.2, 0.25) is 0 Å². The molecule has 31 heavy (non-hydrogen) atoms. The van der Waals surface area contributed by atoms with Crippen LogP contribution >= 0.6 is 0 Å². The topological polar surface area (TPSA) is 96.0 Å². The predicted molar refractivity (Wildman–Crippen MR) is 127 cm³/mol. The lowest BCUT2D eigenvalue weighted by atomic mass is 10.2. The van der Waals surface area contributed by atoms with Crippen molar-refractivity contribution in [3.63, 3.8) is 0 Å². The zero-order chi connectivity index (χ0) is 22.3. The number of aromatic nitrogens is 2. The Labute approximate surface area is 183 Å². The van der Waals surface area contributed by atoms with Gasteiger partial charge in [0.2, 0.25) is 16.0 Å². The number of sulfonamides is 1. The van der Waals surface area contributed by atoms with Crippen molar-refractivity contribution in [1.29, 1.82) is 0 Å². The van der Waals surface area contributed by atoms with Crippen LogP contribution in [0, 0.1) is 20.8 Å². The fourth-order valence-corrected chi connectivity index (χ4v) is 3.58. The molecule has 0 bridgehead atoms. The lowest BCUT2D eigenvalue weighted by Gasteiger charge is -2.10. The zero-order valence-electron chi connectivity index (χ0n) is 17.9. The van der Waals surface area contributed by atoms with E-state index in [1.807, 2.05) is 75.4 Å². The van der Waals surface area contributed by atoms with Crippen LogP contribution in [0.15, 0.2) is 60.0 Å². The Bertz CT molecular complexity index is 1140. The Kier molecular flexibility index (Phi) is 7.38. The van der Waals surface area contributed by atoms with Crippen molar-refractivity contribution in [2.75, 3.05) is 23.7 Å². The molecule has 0 aliphatic carbocycles. The molecular formula is C23H27N5O2S. The molecule has 3 N–H and O–H groups in total. The summed E-state index contributed by atoms with van der Waals surface area (Å²) in [7, 11) is -3.53. The summed E-state index contributed by atoms with van der Waals surface area (Å²) >= 11 is 0. The minimum absolute atomic E-state index is 0.207. The SMILES string of the molecule is Cc1ccc(/C=C/S(=O)(=O)NCCNc2nc(C)cc(Nc3ccc(C)cc3)n2)cc1. The van der Waals surface area contributed by atoms with Gasteiger partial charge in [0.1, 0.15) is 5.82 Å². The summed E-state index contributed by atoms with van der Waals surface area (Å²) in [5.74, 6) is 1.10. The van der Waals surface area contributed by atoms with E-state index < -0.39 is 10.0 Å². The smallest absolute Gasteiger partial charge is 0.233 e. The van der Waals surface area contributed by atoms with E-state index in [1.165, 1.54) is 11.0 Å². The quantitative estimate of drug-likeness (QED) is 0.435. The third kappa shape index (κ3) is 7.51. The van der Waals surface area contributed by atoms with Gasteiger partial charge in [0.25, 0.3) is 0 Å². The Morgan fingerprint density at radius 3 is 2.19 bits per heavy atom. The van der Waals surface area contributed by atoms with Crippen LogP contribution in [0.1, 0.15) is 22.4 Å². The number of nitrogens with one attached hydrogen (secondary N) is 3. The summed E-state index contributed by atoms with van der Waals surface area (Å²) in [6, 6.07) is 17.5. The van der Waals surface area contributed by atoms with Crippen molar-refractivity contribution < 1.29 is 8.42 Å². The Morgan fingerprint density at radius 2 is 1.52 bits per heavy atom. The maximum Gasteiger partial charge on any atom is 0.233 e. The highest BCUT2D eigenvalue weighted by molar-refractivity contribution is 7.92. The molecule has 1 heterocycles. The van der Waals surface area contributed by atoms with Gasteiger partial charge in [-0.15, -0.1) is 0 Å². The van der Waals surface area contributed by atoms with Crippen LogP contribution in [0.3, 0.4) is 0 Å². The van der Waals surface area contributed by atoms with E-state index in [4.69, 9.17) is 0 Å². The monoisotopic (exact) mass is 437 g/mol. The van der Waals surface area contributed by atoms with Gasteiger partial charge in [0.15, 0.2) is 0 Å². The first-order valence-corrected chi connectivity index (χ1v) is 11.5. The van der Waals surface area contributed by atoms with Crippen molar-refractivity contribution in [2.24, 2.45) is 0 Å². The van der Waals surface area contributed by atoms with Crippen molar-refractivity contribution >= 4 is 33.6 Å². The summed E-state index contributed by atoms with van der Waals surface area (Å²) in [6.45, 7) is 6.46. The molecule has 0 aliphatic rings. The summed E-state index contributed by atoms with van der Waals surface area (Å²) in [5.41, 5.74) is 4.87. The van der Waals surface area contributed by atoms with Crippen LogP contribution < -0.4 is 15.4 Å². The van der Waals surface area contributed by atoms with Gasteiger partial charge in [0, 0.05) is 35.9 Å². The number of aryl methyl sites for hydroxylation is 3. The molecule has 3 aromatic rings. The van der Waals surface area contributed by atoms with E-state index in [1.54, 1.807) is 6.08 Å². The molecule has 0 saturated heterocycles. The van der Waals surface area contributed by atoms with E-state index in [0.29, 0.717) is 18.3 Å². The molecule has 0 spiro atoms. The fourth-order valence-electron chi connectivity index (χ4n) is 2.76. The average molecular weight is 438 g/mol. The van der Waals surface area contributed by atoms with Gasteiger partial charge >= 0.3 is 0 Å². The van der Waals surface area contributed by atoms with E-state index >= 15 is 0 Å². The molecule has 7 nitrogen and oxygen atoms in total. The number of rotatable bonds is 9. The van der Waals surface area contributed by atoms with Crippen LogP contribution in [-0.2, 0) is 10.0 Å². The standard InChI is InChI=1S/C23H27N5O2S/c1-17-4-8-20(9-5-17)12-15-31(29,30)25-14-13-24-23-26-19(3)16-22(28-23)27-21-10-6-18(2)7-11-21/h4-12,15-16,25H,13-14H2,1-3H3,(H2,24,26,27,28)/b15-12+. The molecule has 0 unspecified atom stereocenters. The first-order chi connectivity index (χ1) is 14.8. The summed E-state index contributed by atoms with van der Waals surface area (Å²) in [6.07, 6.45) is 1.57. The summed E-state index contributed by atoms with van der Waals surface area (Å²) in [5, 5.41) is 7.48. The third-order valence-electron chi connectivity index (χ3n) is 4.41. The lowest BCUT2D eigenvalue weighted by Crippen LogP contribution is -2.27. The van der Waals surface area contributed by atoms with Crippen LogP contribution in [0.4, 0.5) is 17.5 Å². The molecule has 0 atom stereocenters. The summed E-state index contributed by atoms with van der Waals surface area (Å²) < 4.78 is 26.8. The molecule has 0 aliphatic heterocycles.